The highest BCUT2D eigenvalue weighted by Crippen LogP contribution is 2.48. The fraction of sp³-hybridized carbons (Fsp3) is 0.562. The average Bonchev–Trinajstić information content (AvgIpc) is 3.27. The summed E-state index contributed by atoms with van der Waals surface area (Å²) in [6, 6.07) is 7.86. The highest BCUT2D eigenvalue weighted by atomic mass is 16.5. The molecule has 0 aromatic heterocycles. The number of ether oxygens (including phenoxy) is 1. The molecule has 1 aromatic carbocycles. The quantitative estimate of drug-likeness (QED) is 0.917. The van der Waals surface area contributed by atoms with Crippen LogP contribution in [0.25, 0.3) is 0 Å². The second-order valence-electron chi connectivity index (χ2n) is 5.88. The standard InChI is InChI=1S/C16H20N2O2/c1-11-16(19,13-4-5-13)7-8-18(11)14-6-3-12(10-17)15(9-14)20-2/h3,6,9,11,13,19H,4-5,7-8H2,1-2H3/t11-,16?/m0/s1. The fourth-order valence-electron chi connectivity index (χ4n) is 3.40. The van der Waals surface area contributed by atoms with Crippen molar-refractivity contribution in [2.75, 3.05) is 18.6 Å². The molecule has 1 aromatic rings. The van der Waals surface area contributed by atoms with Gasteiger partial charge in [-0.3, -0.25) is 0 Å². The van der Waals surface area contributed by atoms with Crippen molar-refractivity contribution in [2.45, 2.75) is 37.8 Å². The van der Waals surface area contributed by atoms with Crippen molar-refractivity contribution in [3.63, 3.8) is 0 Å². The van der Waals surface area contributed by atoms with Gasteiger partial charge in [0.1, 0.15) is 11.8 Å². The summed E-state index contributed by atoms with van der Waals surface area (Å²) in [4.78, 5) is 2.22. The third kappa shape index (κ3) is 1.94. The van der Waals surface area contributed by atoms with Gasteiger partial charge in [0.15, 0.2) is 0 Å². The average molecular weight is 272 g/mol. The Morgan fingerprint density at radius 3 is 2.80 bits per heavy atom. The highest BCUT2D eigenvalue weighted by molar-refractivity contribution is 5.58. The SMILES string of the molecule is COc1cc(N2CCC(O)(C3CC3)[C@@H]2C)ccc1C#N. The normalized spacial score (nSPS) is 29.3. The molecule has 106 valence electrons. The van der Waals surface area contributed by atoms with Crippen LogP contribution in [0.4, 0.5) is 5.69 Å². The molecule has 0 amide bonds. The smallest absolute Gasteiger partial charge is 0.138 e. The third-order valence-corrected chi connectivity index (χ3v) is 4.87. The molecule has 2 aliphatic rings. The summed E-state index contributed by atoms with van der Waals surface area (Å²) in [5.41, 5.74) is 1.01. The monoisotopic (exact) mass is 272 g/mol. The molecule has 1 aliphatic heterocycles. The predicted octanol–water partition coefficient (Wildman–Crippen LogP) is 2.31. The summed E-state index contributed by atoms with van der Waals surface area (Å²) in [6.07, 6.45) is 3.11. The van der Waals surface area contributed by atoms with Crippen LogP contribution in [-0.2, 0) is 0 Å². The van der Waals surface area contributed by atoms with Gasteiger partial charge in [0, 0.05) is 18.3 Å². The molecule has 20 heavy (non-hydrogen) atoms. The van der Waals surface area contributed by atoms with Crippen molar-refractivity contribution in [1.82, 2.24) is 0 Å². The van der Waals surface area contributed by atoms with Crippen LogP contribution < -0.4 is 9.64 Å². The van der Waals surface area contributed by atoms with Gasteiger partial charge in [0.25, 0.3) is 0 Å². The Morgan fingerprint density at radius 2 is 2.20 bits per heavy atom. The van der Waals surface area contributed by atoms with E-state index in [4.69, 9.17) is 10.00 Å². The van der Waals surface area contributed by atoms with E-state index in [1.165, 1.54) is 0 Å². The van der Waals surface area contributed by atoms with Gasteiger partial charge in [-0.1, -0.05) is 0 Å². The van der Waals surface area contributed by atoms with Gasteiger partial charge in [0.2, 0.25) is 0 Å². The zero-order valence-electron chi connectivity index (χ0n) is 12.0. The minimum absolute atomic E-state index is 0.104. The Balaban J connectivity index is 1.89. The second-order valence-corrected chi connectivity index (χ2v) is 5.88. The molecule has 4 heteroatoms. The summed E-state index contributed by atoms with van der Waals surface area (Å²) < 4.78 is 5.27. The zero-order valence-corrected chi connectivity index (χ0v) is 12.0. The number of hydrogen-bond donors (Lipinski definition) is 1. The number of rotatable bonds is 3. The third-order valence-electron chi connectivity index (χ3n) is 4.87. The molecule has 0 radical (unpaired) electrons. The number of anilines is 1. The van der Waals surface area contributed by atoms with E-state index in [1.807, 2.05) is 12.1 Å². The van der Waals surface area contributed by atoms with Crippen molar-refractivity contribution in [1.29, 1.82) is 5.26 Å². The van der Waals surface area contributed by atoms with E-state index in [1.54, 1.807) is 13.2 Å². The molecule has 0 spiro atoms. The molecule has 2 atom stereocenters. The topological polar surface area (TPSA) is 56.5 Å². The predicted molar refractivity (Wildman–Crippen MR) is 76.8 cm³/mol. The van der Waals surface area contributed by atoms with Gasteiger partial charge in [-0.15, -0.1) is 0 Å². The molecule has 1 saturated heterocycles. The van der Waals surface area contributed by atoms with E-state index in [2.05, 4.69) is 17.9 Å². The number of nitriles is 1. The fourth-order valence-corrected chi connectivity index (χ4v) is 3.40. The molecular formula is C16H20N2O2. The number of benzene rings is 1. The molecule has 3 rings (SSSR count). The lowest BCUT2D eigenvalue weighted by atomic mass is 9.90. The number of aliphatic hydroxyl groups is 1. The van der Waals surface area contributed by atoms with E-state index in [9.17, 15) is 5.11 Å². The molecule has 1 N–H and O–H groups in total. The van der Waals surface area contributed by atoms with Crippen LogP contribution in [0.2, 0.25) is 0 Å². The van der Waals surface area contributed by atoms with Gasteiger partial charge in [0.05, 0.1) is 24.3 Å². The van der Waals surface area contributed by atoms with Crippen LogP contribution in [-0.4, -0.2) is 30.4 Å². The van der Waals surface area contributed by atoms with Crippen LogP contribution in [0.3, 0.4) is 0 Å². The first-order valence-electron chi connectivity index (χ1n) is 7.17. The van der Waals surface area contributed by atoms with Gasteiger partial charge in [-0.25, -0.2) is 0 Å². The summed E-state index contributed by atoms with van der Waals surface area (Å²) in [5, 5.41) is 19.9. The molecule has 4 nitrogen and oxygen atoms in total. The minimum atomic E-state index is -0.554. The van der Waals surface area contributed by atoms with E-state index in [-0.39, 0.29) is 6.04 Å². The van der Waals surface area contributed by atoms with E-state index in [0.29, 0.717) is 17.2 Å². The first-order valence-corrected chi connectivity index (χ1v) is 7.17. The number of nitrogens with zero attached hydrogens (tertiary/aromatic N) is 2. The summed E-state index contributed by atoms with van der Waals surface area (Å²) in [5.74, 6) is 1.06. The number of hydrogen-bond acceptors (Lipinski definition) is 4. The number of methoxy groups -OCH3 is 1. The van der Waals surface area contributed by atoms with Gasteiger partial charge in [-0.05, 0) is 44.2 Å². The van der Waals surface area contributed by atoms with Crippen molar-refractivity contribution in [2.24, 2.45) is 5.92 Å². The van der Waals surface area contributed by atoms with Crippen molar-refractivity contribution in [3.05, 3.63) is 23.8 Å². The summed E-state index contributed by atoms with van der Waals surface area (Å²) in [7, 11) is 1.58. The Kier molecular flexibility index (Phi) is 3.10. The molecular weight excluding hydrogens is 252 g/mol. The van der Waals surface area contributed by atoms with E-state index in [0.717, 1.165) is 31.5 Å². The maximum Gasteiger partial charge on any atom is 0.138 e. The first kappa shape index (κ1) is 13.3. The lowest BCUT2D eigenvalue weighted by molar-refractivity contribution is 0.0142. The van der Waals surface area contributed by atoms with Gasteiger partial charge in [-0.2, -0.15) is 5.26 Å². The van der Waals surface area contributed by atoms with Crippen LogP contribution in [0.5, 0.6) is 5.75 Å². The van der Waals surface area contributed by atoms with Crippen LogP contribution >= 0.6 is 0 Å². The van der Waals surface area contributed by atoms with E-state index < -0.39 is 5.60 Å². The molecule has 1 aliphatic carbocycles. The Morgan fingerprint density at radius 1 is 1.45 bits per heavy atom. The molecule has 1 unspecified atom stereocenters. The Labute approximate surface area is 119 Å². The zero-order chi connectivity index (χ0) is 14.3. The summed E-state index contributed by atoms with van der Waals surface area (Å²) >= 11 is 0. The van der Waals surface area contributed by atoms with Gasteiger partial charge >= 0.3 is 0 Å². The van der Waals surface area contributed by atoms with Crippen molar-refractivity contribution in [3.8, 4) is 11.8 Å². The lowest BCUT2D eigenvalue weighted by Crippen LogP contribution is -2.44. The maximum absolute atomic E-state index is 10.8. The van der Waals surface area contributed by atoms with Crippen LogP contribution in [0, 0.1) is 17.2 Å². The minimum Gasteiger partial charge on any atom is -0.495 e. The second kappa shape index (κ2) is 4.68. The Bertz CT molecular complexity index is 562. The largest absolute Gasteiger partial charge is 0.495 e. The van der Waals surface area contributed by atoms with Gasteiger partial charge < -0.3 is 14.7 Å². The Hall–Kier alpha value is -1.73. The lowest BCUT2D eigenvalue weighted by Gasteiger charge is -2.32. The summed E-state index contributed by atoms with van der Waals surface area (Å²) in [6.45, 7) is 2.94. The van der Waals surface area contributed by atoms with Crippen molar-refractivity contribution < 1.29 is 9.84 Å². The first-order chi connectivity index (χ1) is 9.60. The maximum atomic E-state index is 10.8. The highest BCUT2D eigenvalue weighted by Gasteiger charge is 2.52. The van der Waals surface area contributed by atoms with Crippen molar-refractivity contribution >= 4 is 5.69 Å². The van der Waals surface area contributed by atoms with E-state index >= 15 is 0 Å². The molecule has 1 saturated carbocycles. The van der Waals surface area contributed by atoms with Crippen LogP contribution in [0.15, 0.2) is 18.2 Å². The molecule has 2 fully saturated rings. The molecule has 1 heterocycles. The van der Waals surface area contributed by atoms with Crippen LogP contribution in [0.1, 0.15) is 31.7 Å². The molecule has 0 bridgehead atoms.